The quantitative estimate of drug-likeness (QED) is 0.620. The van der Waals surface area contributed by atoms with Crippen molar-refractivity contribution in [2.75, 3.05) is 0 Å². The van der Waals surface area contributed by atoms with Crippen molar-refractivity contribution < 1.29 is 0 Å². The van der Waals surface area contributed by atoms with Gasteiger partial charge in [-0.3, -0.25) is 0 Å². The molecule has 0 aliphatic carbocycles. The fourth-order valence-electron chi connectivity index (χ4n) is 2.01. The number of allylic oxidation sites excluding steroid dienone is 4. The van der Waals surface area contributed by atoms with E-state index in [2.05, 4.69) is 38.4 Å². The average molecular weight is 238 g/mol. The lowest BCUT2D eigenvalue weighted by molar-refractivity contribution is 1.42. The number of benzene rings is 1. The van der Waals surface area contributed by atoms with Crippen LogP contribution in [-0.4, -0.2) is 0 Å². The van der Waals surface area contributed by atoms with Crippen molar-refractivity contribution in [3.63, 3.8) is 0 Å². The fourth-order valence-corrected chi connectivity index (χ4v) is 2.01. The smallest absolute Gasteiger partial charge is 0.0152 e. The van der Waals surface area contributed by atoms with Gasteiger partial charge in [-0.05, 0) is 62.1 Å². The zero-order chi connectivity index (χ0) is 14.0. The van der Waals surface area contributed by atoms with Crippen LogP contribution in [0.1, 0.15) is 49.9 Å². The first-order valence-corrected chi connectivity index (χ1v) is 6.07. The number of hydrogen-bond acceptors (Lipinski definition) is 0. The number of hydrogen-bond donors (Lipinski definition) is 0. The van der Waals surface area contributed by atoms with E-state index < -0.39 is 0 Å². The summed E-state index contributed by atoms with van der Waals surface area (Å²) in [5.41, 5.74) is 8.76. The van der Waals surface area contributed by atoms with Crippen molar-refractivity contribution in [1.29, 1.82) is 0 Å². The van der Waals surface area contributed by atoms with E-state index in [1.54, 1.807) is 0 Å². The molecule has 0 heterocycles. The lowest BCUT2D eigenvalue weighted by atomic mass is 9.88. The van der Waals surface area contributed by atoms with E-state index in [1.807, 2.05) is 27.7 Å². The molecule has 0 saturated carbocycles. The van der Waals surface area contributed by atoms with Gasteiger partial charge in [-0.25, -0.2) is 0 Å². The van der Waals surface area contributed by atoms with Crippen LogP contribution in [0.15, 0.2) is 38.4 Å². The van der Waals surface area contributed by atoms with Crippen molar-refractivity contribution in [3.8, 4) is 0 Å². The first kappa shape index (κ1) is 14.2. The average Bonchev–Trinajstić information content (AvgIpc) is 2.26. The third kappa shape index (κ3) is 2.70. The predicted octanol–water partition coefficient (Wildman–Crippen LogP) is 5.82. The van der Waals surface area contributed by atoms with Gasteiger partial charge in [0.15, 0.2) is 0 Å². The van der Waals surface area contributed by atoms with Gasteiger partial charge in [0.2, 0.25) is 0 Å². The second-order valence-corrected chi connectivity index (χ2v) is 5.06. The Morgan fingerprint density at radius 2 is 0.722 bits per heavy atom. The summed E-state index contributed by atoms with van der Waals surface area (Å²) in [4.78, 5) is 0. The van der Waals surface area contributed by atoms with Crippen molar-refractivity contribution in [1.82, 2.24) is 0 Å². The molecule has 0 saturated heterocycles. The normalized spacial score (nSPS) is 10.0. The molecule has 0 N–H and O–H groups in total. The Labute approximate surface area is 111 Å². The van der Waals surface area contributed by atoms with Gasteiger partial charge < -0.3 is 0 Å². The molecule has 94 valence electrons. The summed E-state index contributed by atoms with van der Waals surface area (Å²) in [6.45, 7) is 24.3. The summed E-state index contributed by atoms with van der Waals surface area (Å²) in [5.74, 6) is 0. The van der Waals surface area contributed by atoms with E-state index in [0.717, 1.165) is 44.5 Å². The first-order chi connectivity index (χ1) is 8.25. The van der Waals surface area contributed by atoms with Crippen LogP contribution in [0.2, 0.25) is 0 Å². The molecule has 0 aliphatic rings. The molecule has 18 heavy (non-hydrogen) atoms. The van der Waals surface area contributed by atoms with Crippen molar-refractivity contribution in [2.45, 2.75) is 27.7 Å². The van der Waals surface area contributed by atoms with Gasteiger partial charge in [-0.1, -0.05) is 48.6 Å². The summed E-state index contributed by atoms with van der Waals surface area (Å²) in [7, 11) is 0. The largest absolute Gasteiger partial charge is 0.0955 e. The molecule has 0 aromatic heterocycles. The molecule has 0 atom stereocenters. The fraction of sp³-hybridized carbons (Fsp3) is 0.222. The van der Waals surface area contributed by atoms with Crippen molar-refractivity contribution in [3.05, 3.63) is 60.7 Å². The van der Waals surface area contributed by atoms with Crippen LogP contribution in [0.4, 0.5) is 0 Å². The van der Waals surface area contributed by atoms with Crippen LogP contribution in [0.3, 0.4) is 0 Å². The summed E-state index contributed by atoms with van der Waals surface area (Å²) in [6, 6.07) is 4.30. The first-order valence-electron chi connectivity index (χ1n) is 6.07. The van der Waals surface area contributed by atoms with E-state index >= 15 is 0 Å². The van der Waals surface area contributed by atoms with E-state index in [0.29, 0.717) is 0 Å². The van der Waals surface area contributed by atoms with Gasteiger partial charge in [0.05, 0.1) is 0 Å². The molecule has 0 spiro atoms. The second kappa shape index (κ2) is 5.22. The van der Waals surface area contributed by atoms with Crippen LogP contribution in [0.25, 0.3) is 22.3 Å². The maximum Gasteiger partial charge on any atom is -0.0152 e. The maximum absolute atomic E-state index is 4.05. The summed E-state index contributed by atoms with van der Waals surface area (Å²) >= 11 is 0. The van der Waals surface area contributed by atoms with E-state index in [1.165, 1.54) is 0 Å². The Hall–Kier alpha value is -1.82. The Bertz CT molecular complexity index is 455. The van der Waals surface area contributed by atoms with E-state index in [4.69, 9.17) is 0 Å². The summed E-state index contributed by atoms with van der Waals surface area (Å²) < 4.78 is 0. The molecule has 1 aromatic carbocycles. The minimum Gasteiger partial charge on any atom is -0.0955 e. The van der Waals surface area contributed by atoms with Gasteiger partial charge in [0, 0.05) is 0 Å². The number of rotatable bonds is 4. The third-order valence-electron chi connectivity index (χ3n) is 3.00. The van der Waals surface area contributed by atoms with Crippen LogP contribution in [0, 0.1) is 0 Å². The van der Waals surface area contributed by atoms with Crippen LogP contribution in [0.5, 0.6) is 0 Å². The van der Waals surface area contributed by atoms with E-state index in [-0.39, 0.29) is 0 Å². The van der Waals surface area contributed by atoms with Gasteiger partial charge in [0.25, 0.3) is 0 Å². The van der Waals surface area contributed by atoms with Gasteiger partial charge >= 0.3 is 0 Å². The molecular formula is C18H22. The molecule has 0 nitrogen and oxygen atoms in total. The maximum atomic E-state index is 4.05. The SMILES string of the molecule is C=C(C)c1cc(C(=C)C)c(C(=C)C)cc1C(=C)C. The van der Waals surface area contributed by atoms with Gasteiger partial charge in [-0.2, -0.15) is 0 Å². The molecule has 0 aliphatic heterocycles. The summed E-state index contributed by atoms with van der Waals surface area (Å²) in [6.07, 6.45) is 0. The molecule has 1 rings (SSSR count). The Morgan fingerprint density at radius 1 is 0.556 bits per heavy atom. The Kier molecular flexibility index (Phi) is 4.13. The predicted molar refractivity (Wildman–Crippen MR) is 85.3 cm³/mol. The Morgan fingerprint density at radius 3 is 0.833 bits per heavy atom. The molecule has 0 radical (unpaired) electrons. The topological polar surface area (TPSA) is 0 Å². The molecule has 0 amide bonds. The van der Waals surface area contributed by atoms with Gasteiger partial charge in [0.1, 0.15) is 0 Å². The van der Waals surface area contributed by atoms with Crippen LogP contribution < -0.4 is 0 Å². The zero-order valence-corrected chi connectivity index (χ0v) is 12.0. The zero-order valence-electron chi connectivity index (χ0n) is 12.0. The summed E-state index contributed by atoms with van der Waals surface area (Å²) in [5, 5.41) is 0. The van der Waals surface area contributed by atoms with Crippen molar-refractivity contribution in [2.24, 2.45) is 0 Å². The van der Waals surface area contributed by atoms with E-state index in [9.17, 15) is 0 Å². The molecule has 0 fully saturated rings. The highest BCUT2D eigenvalue weighted by atomic mass is 14.2. The molecule has 0 heteroatoms. The highest BCUT2D eigenvalue weighted by Crippen LogP contribution is 2.32. The molecule has 0 bridgehead atoms. The van der Waals surface area contributed by atoms with Crippen LogP contribution >= 0.6 is 0 Å². The standard InChI is InChI=1S/C18H22/c1-11(2)15-9-17(13(5)6)18(14(7)8)10-16(15)12(3)4/h9-10H,1,3,5,7H2,2,4,6,8H3. The van der Waals surface area contributed by atoms with Crippen molar-refractivity contribution >= 4 is 22.3 Å². The molecule has 0 unspecified atom stereocenters. The highest BCUT2D eigenvalue weighted by molar-refractivity contribution is 5.85. The molecule has 1 aromatic rings. The monoisotopic (exact) mass is 238 g/mol. The second-order valence-electron chi connectivity index (χ2n) is 5.06. The Balaban J connectivity index is 3.71. The van der Waals surface area contributed by atoms with Gasteiger partial charge in [-0.15, -0.1) is 0 Å². The minimum atomic E-state index is 1.05. The lowest BCUT2D eigenvalue weighted by Gasteiger charge is -2.17. The lowest BCUT2D eigenvalue weighted by Crippen LogP contribution is -1.96. The third-order valence-corrected chi connectivity index (χ3v) is 3.00. The highest BCUT2D eigenvalue weighted by Gasteiger charge is 2.12. The molecular weight excluding hydrogens is 216 g/mol. The minimum absolute atomic E-state index is 1.05. The van der Waals surface area contributed by atoms with Crippen LogP contribution in [-0.2, 0) is 0 Å².